The van der Waals surface area contributed by atoms with Gasteiger partial charge in [-0.15, -0.1) is 6.58 Å². The van der Waals surface area contributed by atoms with E-state index >= 15 is 0 Å². The van der Waals surface area contributed by atoms with Crippen LogP contribution < -0.4 is 10.9 Å². The highest BCUT2D eigenvalue weighted by atomic mass is 35.5. The molecule has 0 bridgehead atoms. The van der Waals surface area contributed by atoms with E-state index in [0.29, 0.717) is 12.2 Å². The van der Waals surface area contributed by atoms with Crippen molar-refractivity contribution in [1.82, 2.24) is 9.78 Å². The minimum absolute atomic E-state index is 0.0428. The van der Waals surface area contributed by atoms with Crippen molar-refractivity contribution in [1.29, 1.82) is 0 Å². The van der Waals surface area contributed by atoms with Gasteiger partial charge in [-0.25, -0.2) is 4.68 Å². The average molecular weight is 228 g/mol. The summed E-state index contributed by atoms with van der Waals surface area (Å²) in [6.45, 7) is 7.89. The summed E-state index contributed by atoms with van der Waals surface area (Å²) in [6.07, 6.45) is 3.27. The lowest BCUT2D eigenvalue weighted by Gasteiger charge is -2.12. The number of hydrogen-bond acceptors (Lipinski definition) is 3. The first-order valence-corrected chi connectivity index (χ1v) is 5.12. The van der Waals surface area contributed by atoms with Crippen LogP contribution in [0.1, 0.15) is 13.8 Å². The van der Waals surface area contributed by atoms with Gasteiger partial charge in [-0.1, -0.05) is 17.7 Å². The highest BCUT2D eigenvalue weighted by Gasteiger charge is 2.08. The van der Waals surface area contributed by atoms with E-state index in [4.69, 9.17) is 11.6 Å². The van der Waals surface area contributed by atoms with Crippen molar-refractivity contribution in [2.75, 3.05) is 5.32 Å². The summed E-state index contributed by atoms with van der Waals surface area (Å²) in [6, 6.07) is 0.0428. The highest BCUT2D eigenvalue weighted by molar-refractivity contribution is 6.32. The molecule has 4 nitrogen and oxygen atoms in total. The third-order valence-electron chi connectivity index (χ3n) is 2.02. The van der Waals surface area contributed by atoms with Crippen molar-refractivity contribution in [2.24, 2.45) is 0 Å². The standard InChI is InChI=1S/C10H14ClN3O/c1-4-7(3)13-8-6-12-14(5-2)10(15)9(8)11/h4,6-7,13H,1,5H2,2-3H3. The summed E-state index contributed by atoms with van der Waals surface area (Å²) in [4.78, 5) is 11.6. The molecule has 0 fully saturated rings. The van der Waals surface area contributed by atoms with Crippen molar-refractivity contribution >= 4 is 17.3 Å². The first-order valence-electron chi connectivity index (χ1n) is 4.74. The Balaban J connectivity index is 3.07. The largest absolute Gasteiger partial charge is 0.376 e. The van der Waals surface area contributed by atoms with Crippen LogP contribution in [0.25, 0.3) is 0 Å². The smallest absolute Gasteiger partial charge is 0.287 e. The van der Waals surface area contributed by atoms with Gasteiger partial charge in [0.05, 0.1) is 11.9 Å². The van der Waals surface area contributed by atoms with E-state index in [1.807, 2.05) is 13.8 Å². The van der Waals surface area contributed by atoms with Crippen LogP contribution in [0.4, 0.5) is 5.69 Å². The molecule has 0 aliphatic heterocycles. The Bertz CT molecular complexity index is 414. The molecular weight excluding hydrogens is 214 g/mol. The van der Waals surface area contributed by atoms with Crippen LogP contribution in [0.5, 0.6) is 0 Å². The van der Waals surface area contributed by atoms with Crippen LogP contribution in [-0.2, 0) is 6.54 Å². The summed E-state index contributed by atoms with van der Waals surface area (Å²) >= 11 is 5.91. The van der Waals surface area contributed by atoms with Crippen molar-refractivity contribution in [3.05, 3.63) is 34.2 Å². The van der Waals surface area contributed by atoms with Gasteiger partial charge in [-0.05, 0) is 13.8 Å². The number of rotatable bonds is 4. The Morgan fingerprint density at radius 2 is 2.47 bits per heavy atom. The Morgan fingerprint density at radius 1 is 1.80 bits per heavy atom. The van der Waals surface area contributed by atoms with Crippen LogP contribution >= 0.6 is 11.6 Å². The fraction of sp³-hybridized carbons (Fsp3) is 0.400. The second-order valence-corrected chi connectivity index (χ2v) is 3.54. The molecule has 0 aliphatic carbocycles. The molecule has 82 valence electrons. The lowest BCUT2D eigenvalue weighted by atomic mass is 10.3. The van der Waals surface area contributed by atoms with Gasteiger partial charge in [0.15, 0.2) is 0 Å². The van der Waals surface area contributed by atoms with Gasteiger partial charge in [0.2, 0.25) is 0 Å². The molecule has 0 spiro atoms. The summed E-state index contributed by atoms with van der Waals surface area (Å²) in [5, 5.41) is 7.16. The van der Waals surface area contributed by atoms with Gasteiger partial charge in [0.25, 0.3) is 5.56 Å². The molecular formula is C10H14ClN3O. The zero-order valence-corrected chi connectivity index (χ0v) is 9.58. The Morgan fingerprint density at radius 3 is 3.00 bits per heavy atom. The SMILES string of the molecule is C=CC(C)Nc1cnn(CC)c(=O)c1Cl. The molecule has 1 heterocycles. The molecule has 15 heavy (non-hydrogen) atoms. The summed E-state index contributed by atoms with van der Waals surface area (Å²) in [7, 11) is 0. The minimum Gasteiger partial charge on any atom is -0.376 e. The van der Waals surface area contributed by atoms with Crippen molar-refractivity contribution in [2.45, 2.75) is 26.4 Å². The van der Waals surface area contributed by atoms with Crippen molar-refractivity contribution in [3.63, 3.8) is 0 Å². The predicted molar refractivity (Wildman–Crippen MR) is 62.5 cm³/mol. The average Bonchev–Trinajstić information content (AvgIpc) is 2.25. The molecule has 0 aliphatic rings. The molecule has 1 N–H and O–H groups in total. The van der Waals surface area contributed by atoms with Crippen LogP contribution in [0.2, 0.25) is 5.02 Å². The molecule has 0 aromatic carbocycles. The maximum Gasteiger partial charge on any atom is 0.287 e. The number of anilines is 1. The monoisotopic (exact) mass is 227 g/mol. The molecule has 5 heteroatoms. The van der Waals surface area contributed by atoms with E-state index in [1.165, 1.54) is 4.68 Å². The Hall–Kier alpha value is -1.29. The zero-order chi connectivity index (χ0) is 11.4. The maximum absolute atomic E-state index is 11.6. The van der Waals surface area contributed by atoms with E-state index in [2.05, 4.69) is 17.0 Å². The van der Waals surface area contributed by atoms with Gasteiger partial charge in [-0.2, -0.15) is 5.10 Å². The Kier molecular flexibility index (Phi) is 3.91. The van der Waals surface area contributed by atoms with Gasteiger partial charge in [0, 0.05) is 12.6 Å². The second kappa shape index (κ2) is 4.98. The van der Waals surface area contributed by atoms with Crippen LogP contribution in [0, 0.1) is 0 Å². The number of halogens is 1. The van der Waals surface area contributed by atoms with E-state index in [-0.39, 0.29) is 16.6 Å². The third-order valence-corrected chi connectivity index (χ3v) is 2.39. The van der Waals surface area contributed by atoms with Crippen LogP contribution in [-0.4, -0.2) is 15.8 Å². The lowest BCUT2D eigenvalue weighted by molar-refractivity contribution is 0.616. The zero-order valence-electron chi connectivity index (χ0n) is 8.83. The highest BCUT2D eigenvalue weighted by Crippen LogP contribution is 2.16. The van der Waals surface area contributed by atoms with E-state index in [0.717, 1.165) is 0 Å². The molecule has 0 saturated carbocycles. The number of aryl methyl sites for hydroxylation is 1. The molecule has 1 rings (SSSR count). The number of aromatic nitrogens is 2. The van der Waals surface area contributed by atoms with Crippen molar-refractivity contribution in [3.8, 4) is 0 Å². The number of hydrogen-bond donors (Lipinski definition) is 1. The topological polar surface area (TPSA) is 46.9 Å². The maximum atomic E-state index is 11.6. The first kappa shape index (κ1) is 11.8. The third kappa shape index (κ3) is 2.59. The van der Waals surface area contributed by atoms with Crippen LogP contribution in [0.15, 0.2) is 23.6 Å². The summed E-state index contributed by atoms with van der Waals surface area (Å²) in [5.74, 6) is 0. The van der Waals surface area contributed by atoms with Gasteiger partial charge in [0.1, 0.15) is 5.02 Å². The summed E-state index contributed by atoms with van der Waals surface area (Å²) in [5.41, 5.74) is 0.263. The molecule has 1 aromatic rings. The fourth-order valence-electron chi connectivity index (χ4n) is 1.10. The molecule has 0 radical (unpaired) electrons. The van der Waals surface area contributed by atoms with E-state index in [9.17, 15) is 4.79 Å². The number of nitrogens with one attached hydrogen (secondary N) is 1. The quantitative estimate of drug-likeness (QED) is 0.800. The second-order valence-electron chi connectivity index (χ2n) is 3.16. The molecule has 0 saturated heterocycles. The predicted octanol–water partition coefficient (Wildman–Crippen LogP) is 1.90. The molecule has 1 unspecified atom stereocenters. The Labute approximate surface area is 93.6 Å². The molecule has 1 atom stereocenters. The van der Waals surface area contributed by atoms with E-state index in [1.54, 1.807) is 12.3 Å². The minimum atomic E-state index is -0.277. The van der Waals surface area contributed by atoms with Gasteiger partial charge < -0.3 is 5.32 Å². The van der Waals surface area contributed by atoms with Crippen molar-refractivity contribution < 1.29 is 0 Å². The summed E-state index contributed by atoms with van der Waals surface area (Å²) < 4.78 is 1.31. The first-order chi connectivity index (χ1) is 7.10. The van der Waals surface area contributed by atoms with Gasteiger partial charge >= 0.3 is 0 Å². The van der Waals surface area contributed by atoms with E-state index < -0.39 is 0 Å². The fourth-order valence-corrected chi connectivity index (χ4v) is 1.30. The molecule has 0 amide bonds. The number of nitrogens with zero attached hydrogens (tertiary/aromatic N) is 2. The van der Waals surface area contributed by atoms with Crippen LogP contribution in [0.3, 0.4) is 0 Å². The lowest BCUT2D eigenvalue weighted by Crippen LogP contribution is -2.24. The van der Waals surface area contributed by atoms with Gasteiger partial charge in [-0.3, -0.25) is 4.79 Å². The molecule has 1 aromatic heterocycles. The normalized spacial score (nSPS) is 12.2.